The molecule has 0 saturated carbocycles. The van der Waals surface area contributed by atoms with Crippen LogP contribution in [0.4, 0.5) is 0 Å². The monoisotopic (exact) mass is 451 g/mol. The third-order valence-electron chi connectivity index (χ3n) is 5.18. The topological polar surface area (TPSA) is 30.7 Å². The van der Waals surface area contributed by atoms with Crippen molar-refractivity contribution in [3.05, 3.63) is 49.6 Å². The van der Waals surface area contributed by atoms with E-state index >= 15 is 0 Å². The minimum absolute atomic E-state index is 0.291. The van der Waals surface area contributed by atoms with Gasteiger partial charge in [-0.3, -0.25) is 4.57 Å². The molecule has 2 heterocycles. The van der Waals surface area contributed by atoms with Gasteiger partial charge in [0.2, 0.25) is 0 Å². The highest BCUT2D eigenvalue weighted by atomic mass is 35.5. The van der Waals surface area contributed by atoms with Crippen molar-refractivity contribution in [3.63, 3.8) is 0 Å². The minimum Gasteiger partial charge on any atom is -0.299 e. The molecular formula is C21H23Cl2N3S2. The van der Waals surface area contributed by atoms with E-state index < -0.39 is 0 Å². The van der Waals surface area contributed by atoms with Crippen molar-refractivity contribution in [3.8, 4) is 11.4 Å². The first-order chi connectivity index (χ1) is 13.4. The van der Waals surface area contributed by atoms with Crippen LogP contribution in [0.3, 0.4) is 0 Å². The van der Waals surface area contributed by atoms with Crippen LogP contribution < -0.4 is 0 Å². The Hall–Kier alpha value is -1.01. The summed E-state index contributed by atoms with van der Waals surface area (Å²) in [5.41, 5.74) is 3.88. The highest BCUT2D eigenvalue weighted by molar-refractivity contribution is 7.98. The molecule has 0 fully saturated rings. The van der Waals surface area contributed by atoms with Crippen LogP contribution >= 0.6 is 46.3 Å². The van der Waals surface area contributed by atoms with Gasteiger partial charge in [0.15, 0.2) is 11.0 Å². The van der Waals surface area contributed by atoms with Gasteiger partial charge in [-0.15, -0.1) is 21.5 Å². The van der Waals surface area contributed by atoms with Gasteiger partial charge in [0.05, 0.1) is 10.0 Å². The van der Waals surface area contributed by atoms with Gasteiger partial charge >= 0.3 is 0 Å². The summed E-state index contributed by atoms with van der Waals surface area (Å²) in [5.74, 6) is 2.55. The smallest absolute Gasteiger partial charge is 0.192 e. The largest absolute Gasteiger partial charge is 0.299 e. The fraction of sp³-hybridized carbons (Fsp3) is 0.429. The number of benzene rings is 1. The molecule has 0 amide bonds. The molecule has 7 heteroatoms. The van der Waals surface area contributed by atoms with E-state index in [0.717, 1.165) is 34.6 Å². The van der Waals surface area contributed by atoms with E-state index in [1.165, 1.54) is 28.8 Å². The molecule has 2 aromatic heterocycles. The van der Waals surface area contributed by atoms with Gasteiger partial charge in [0, 0.05) is 27.6 Å². The van der Waals surface area contributed by atoms with Crippen LogP contribution in [0.5, 0.6) is 0 Å². The Balaban J connectivity index is 1.62. The molecule has 0 radical (unpaired) electrons. The lowest BCUT2D eigenvalue weighted by atomic mass is 9.88. The lowest BCUT2D eigenvalue weighted by Gasteiger charge is -2.19. The molecule has 1 aliphatic rings. The molecule has 0 spiro atoms. The summed E-state index contributed by atoms with van der Waals surface area (Å²) in [5, 5.41) is 13.5. The first-order valence-electron chi connectivity index (χ1n) is 9.55. The standard InChI is InChI=1S/C21H23Cl2N3S2/c1-12(2)26-20(16-11-27-19-8-13(3)4-6-15(16)19)24-25-21(26)28-10-14-5-7-17(22)18(23)9-14/h5,7,9,11-13H,4,6,8,10H2,1-3H3. The molecule has 1 atom stereocenters. The number of halogens is 2. The van der Waals surface area contributed by atoms with E-state index in [4.69, 9.17) is 23.2 Å². The van der Waals surface area contributed by atoms with Crippen molar-refractivity contribution >= 4 is 46.3 Å². The minimum atomic E-state index is 0.291. The van der Waals surface area contributed by atoms with E-state index in [1.807, 2.05) is 29.5 Å². The fourth-order valence-electron chi connectivity index (χ4n) is 3.67. The summed E-state index contributed by atoms with van der Waals surface area (Å²) in [6.45, 7) is 6.73. The molecule has 0 aliphatic heterocycles. The number of nitrogens with zero attached hydrogens (tertiary/aromatic N) is 3. The summed E-state index contributed by atoms with van der Waals surface area (Å²) < 4.78 is 2.27. The van der Waals surface area contributed by atoms with E-state index in [2.05, 4.69) is 40.9 Å². The van der Waals surface area contributed by atoms with Crippen LogP contribution in [0.2, 0.25) is 10.0 Å². The lowest BCUT2D eigenvalue weighted by molar-refractivity contribution is 0.507. The number of aromatic nitrogens is 3. The molecule has 0 N–H and O–H groups in total. The quantitative estimate of drug-likeness (QED) is 0.380. The molecule has 148 valence electrons. The second-order valence-corrected chi connectivity index (χ2v) is 10.4. The summed E-state index contributed by atoms with van der Waals surface area (Å²) in [4.78, 5) is 1.53. The summed E-state index contributed by atoms with van der Waals surface area (Å²) in [6, 6.07) is 6.06. The second-order valence-electron chi connectivity index (χ2n) is 7.71. The summed E-state index contributed by atoms with van der Waals surface area (Å²) >= 11 is 15.7. The maximum Gasteiger partial charge on any atom is 0.192 e. The third kappa shape index (κ3) is 4.00. The van der Waals surface area contributed by atoms with Gasteiger partial charge < -0.3 is 0 Å². The number of hydrogen-bond donors (Lipinski definition) is 0. The summed E-state index contributed by atoms with van der Waals surface area (Å²) in [7, 11) is 0. The van der Waals surface area contributed by atoms with Gasteiger partial charge in [-0.2, -0.15) is 0 Å². The maximum atomic E-state index is 6.15. The van der Waals surface area contributed by atoms with Gasteiger partial charge in [-0.25, -0.2) is 0 Å². The molecular weight excluding hydrogens is 429 g/mol. The number of hydrogen-bond acceptors (Lipinski definition) is 4. The van der Waals surface area contributed by atoms with Crippen molar-refractivity contribution in [2.24, 2.45) is 5.92 Å². The average molecular weight is 452 g/mol. The zero-order chi connectivity index (χ0) is 19.8. The number of thioether (sulfide) groups is 1. The van der Waals surface area contributed by atoms with Crippen molar-refractivity contribution in [2.75, 3.05) is 0 Å². The van der Waals surface area contributed by atoms with Gasteiger partial charge in [0.25, 0.3) is 0 Å². The van der Waals surface area contributed by atoms with Crippen molar-refractivity contribution in [1.82, 2.24) is 14.8 Å². The molecule has 1 unspecified atom stereocenters. The molecule has 3 nitrogen and oxygen atoms in total. The zero-order valence-corrected chi connectivity index (χ0v) is 19.4. The lowest BCUT2D eigenvalue weighted by Crippen LogP contribution is -2.10. The molecule has 3 aromatic rings. The Morgan fingerprint density at radius 3 is 2.82 bits per heavy atom. The molecule has 1 aromatic carbocycles. The Morgan fingerprint density at radius 2 is 2.07 bits per heavy atom. The molecule has 4 rings (SSSR count). The number of fused-ring (bicyclic) bond motifs is 1. The normalized spacial score (nSPS) is 16.6. The third-order valence-corrected chi connectivity index (χ3v) is 7.98. The summed E-state index contributed by atoms with van der Waals surface area (Å²) in [6.07, 6.45) is 3.59. The Labute approximate surface area is 184 Å². The highest BCUT2D eigenvalue weighted by Gasteiger charge is 2.25. The molecule has 28 heavy (non-hydrogen) atoms. The van der Waals surface area contributed by atoms with Crippen molar-refractivity contribution < 1.29 is 0 Å². The predicted molar refractivity (Wildman–Crippen MR) is 121 cm³/mol. The highest BCUT2D eigenvalue weighted by Crippen LogP contribution is 2.39. The SMILES string of the molecule is CC1CCc2c(-c3nnc(SCc4ccc(Cl)c(Cl)c4)n3C(C)C)csc2C1. The maximum absolute atomic E-state index is 6.15. The van der Waals surface area contributed by atoms with E-state index in [-0.39, 0.29) is 0 Å². The Morgan fingerprint density at radius 1 is 1.25 bits per heavy atom. The van der Waals surface area contributed by atoms with Crippen LogP contribution in [0.25, 0.3) is 11.4 Å². The van der Waals surface area contributed by atoms with E-state index in [9.17, 15) is 0 Å². The van der Waals surface area contributed by atoms with E-state index in [1.54, 1.807) is 11.8 Å². The average Bonchev–Trinajstić information content (AvgIpc) is 3.25. The molecule has 0 bridgehead atoms. The Bertz CT molecular complexity index is 994. The van der Waals surface area contributed by atoms with Crippen LogP contribution in [0, 0.1) is 5.92 Å². The Kier molecular flexibility index (Phi) is 6.07. The van der Waals surface area contributed by atoms with Crippen LogP contribution in [-0.2, 0) is 18.6 Å². The number of rotatable bonds is 5. The van der Waals surface area contributed by atoms with Crippen molar-refractivity contribution in [1.29, 1.82) is 0 Å². The van der Waals surface area contributed by atoms with Crippen LogP contribution in [0.15, 0.2) is 28.7 Å². The second kappa shape index (κ2) is 8.39. The first-order valence-corrected chi connectivity index (χ1v) is 12.2. The first kappa shape index (κ1) is 20.3. The fourth-order valence-corrected chi connectivity index (χ4v) is 6.24. The molecule has 1 aliphatic carbocycles. The van der Waals surface area contributed by atoms with Crippen molar-refractivity contribution in [2.45, 2.75) is 57.0 Å². The van der Waals surface area contributed by atoms with Gasteiger partial charge in [-0.05, 0) is 62.3 Å². The van der Waals surface area contributed by atoms with E-state index in [0.29, 0.717) is 16.1 Å². The predicted octanol–water partition coefficient (Wildman–Crippen LogP) is 7.31. The van der Waals surface area contributed by atoms with Crippen LogP contribution in [-0.4, -0.2) is 14.8 Å². The van der Waals surface area contributed by atoms with Crippen LogP contribution in [0.1, 0.15) is 49.2 Å². The zero-order valence-electron chi connectivity index (χ0n) is 16.2. The van der Waals surface area contributed by atoms with Gasteiger partial charge in [-0.1, -0.05) is 48.0 Å². The number of thiophene rings is 1. The van der Waals surface area contributed by atoms with Gasteiger partial charge in [0.1, 0.15) is 0 Å². The molecule has 0 saturated heterocycles.